The monoisotopic (exact) mass is 360 g/mol. The summed E-state index contributed by atoms with van der Waals surface area (Å²) < 4.78 is 7.20. The zero-order chi connectivity index (χ0) is 18.4. The molecule has 0 aliphatic rings. The Morgan fingerprint density at radius 3 is 2.56 bits per heavy atom. The van der Waals surface area contributed by atoms with Gasteiger partial charge in [-0.05, 0) is 39.8 Å². The van der Waals surface area contributed by atoms with Gasteiger partial charge in [-0.3, -0.25) is 4.57 Å². The first-order chi connectivity index (χ1) is 11.8. The minimum atomic E-state index is -0.542. The Morgan fingerprint density at radius 1 is 1.28 bits per heavy atom. The highest BCUT2D eigenvalue weighted by atomic mass is 32.2. The van der Waals surface area contributed by atoms with Crippen LogP contribution in [0.15, 0.2) is 47.6 Å². The van der Waals surface area contributed by atoms with Crippen molar-refractivity contribution in [3.63, 3.8) is 0 Å². The van der Waals surface area contributed by atoms with Crippen molar-refractivity contribution in [1.29, 1.82) is 0 Å². The van der Waals surface area contributed by atoms with Crippen LogP contribution < -0.4 is 5.32 Å². The lowest BCUT2D eigenvalue weighted by Gasteiger charge is -2.19. The van der Waals surface area contributed by atoms with E-state index in [2.05, 4.69) is 22.1 Å². The van der Waals surface area contributed by atoms with Crippen molar-refractivity contribution in [2.45, 2.75) is 45.0 Å². The Labute approximate surface area is 152 Å². The van der Waals surface area contributed by atoms with Crippen LogP contribution in [-0.4, -0.2) is 32.2 Å². The van der Waals surface area contributed by atoms with Gasteiger partial charge in [0, 0.05) is 11.4 Å². The highest BCUT2D eigenvalue weighted by Gasteiger charge is 2.18. The van der Waals surface area contributed by atoms with Crippen LogP contribution in [0, 0.1) is 0 Å². The van der Waals surface area contributed by atoms with Crippen LogP contribution in [0.1, 0.15) is 33.5 Å². The van der Waals surface area contributed by atoms with Crippen molar-refractivity contribution in [3.05, 3.63) is 48.3 Å². The van der Waals surface area contributed by atoms with Gasteiger partial charge >= 0.3 is 6.09 Å². The number of hydrogen-bond acceptors (Lipinski definition) is 5. The molecular formula is C18H24N4O2S. The molecule has 0 atom stereocenters. The van der Waals surface area contributed by atoms with Gasteiger partial charge in [-0.25, -0.2) is 4.79 Å². The molecule has 0 saturated carbocycles. The summed E-state index contributed by atoms with van der Waals surface area (Å²) in [4.78, 5) is 11.9. The van der Waals surface area contributed by atoms with E-state index in [4.69, 9.17) is 4.74 Å². The Balaban J connectivity index is 2.20. The maximum Gasteiger partial charge on any atom is 0.408 e. The molecule has 0 radical (unpaired) electrons. The Morgan fingerprint density at radius 2 is 1.96 bits per heavy atom. The van der Waals surface area contributed by atoms with Gasteiger partial charge < -0.3 is 10.1 Å². The standard InChI is InChI=1S/C18H24N4O2S/c1-13(2)12-25-16-21-20-15(11-19-17(23)24-18(3,4)5)22(16)14-9-7-6-8-10-14/h6-10H,1,11-12H2,2-5H3,(H,19,23). The molecule has 0 unspecified atom stereocenters. The number of carbonyl (C=O) groups excluding carboxylic acids is 1. The molecule has 134 valence electrons. The average Bonchev–Trinajstić information content (AvgIpc) is 2.93. The summed E-state index contributed by atoms with van der Waals surface area (Å²) in [6.07, 6.45) is -0.480. The fourth-order valence-electron chi connectivity index (χ4n) is 2.00. The van der Waals surface area contributed by atoms with Gasteiger partial charge in [0.2, 0.25) is 0 Å². The highest BCUT2D eigenvalue weighted by molar-refractivity contribution is 7.99. The second kappa shape index (κ2) is 8.20. The zero-order valence-electron chi connectivity index (χ0n) is 15.1. The number of benzene rings is 1. The Bertz CT molecular complexity index is 735. The van der Waals surface area contributed by atoms with Crippen LogP contribution in [0.4, 0.5) is 4.79 Å². The van der Waals surface area contributed by atoms with E-state index in [1.165, 1.54) is 0 Å². The maximum absolute atomic E-state index is 11.9. The molecule has 1 aromatic heterocycles. The predicted molar refractivity (Wildman–Crippen MR) is 100.0 cm³/mol. The summed E-state index contributed by atoms with van der Waals surface area (Å²) in [6.45, 7) is 11.6. The van der Waals surface area contributed by atoms with Crippen LogP contribution in [-0.2, 0) is 11.3 Å². The highest BCUT2D eigenvalue weighted by Crippen LogP contribution is 2.23. The summed E-state index contributed by atoms with van der Waals surface area (Å²) in [7, 11) is 0. The lowest BCUT2D eigenvalue weighted by atomic mass is 10.2. The second-order valence-corrected chi connectivity index (χ2v) is 7.61. The first kappa shape index (κ1) is 19.1. The summed E-state index contributed by atoms with van der Waals surface area (Å²) in [5, 5.41) is 12.0. The number of ether oxygens (including phenoxy) is 1. The van der Waals surface area contributed by atoms with Gasteiger partial charge in [-0.2, -0.15) is 0 Å². The number of hydrogen-bond donors (Lipinski definition) is 1. The van der Waals surface area contributed by atoms with Gasteiger partial charge in [0.25, 0.3) is 0 Å². The molecular weight excluding hydrogens is 336 g/mol. The van der Waals surface area contributed by atoms with Gasteiger partial charge in [-0.15, -0.1) is 10.2 Å². The fraction of sp³-hybridized carbons (Fsp3) is 0.389. The van der Waals surface area contributed by atoms with Crippen molar-refractivity contribution in [2.24, 2.45) is 0 Å². The summed E-state index contributed by atoms with van der Waals surface area (Å²) >= 11 is 1.56. The summed E-state index contributed by atoms with van der Waals surface area (Å²) in [5.74, 6) is 1.39. The lowest BCUT2D eigenvalue weighted by Crippen LogP contribution is -2.32. The third-order valence-corrected chi connectivity index (χ3v) is 4.11. The molecule has 0 bridgehead atoms. The van der Waals surface area contributed by atoms with Crippen LogP contribution >= 0.6 is 11.8 Å². The smallest absolute Gasteiger partial charge is 0.408 e. The van der Waals surface area contributed by atoms with E-state index in [1.54, 1.807) is 11.8 Å². The number of carbonyl (C=O) groups is 1. The van der Waals surface area contributed by atoms with Gasteiger partial charge in [0.05, 0.1) is 6.54 Å². The molecule has 0 aliphatic carbocycles. The number of nitrogens with one attached hydrogen (secondary N) is 1. The van der Waals surface area contributed by atoms with Crippen molar-refractivity contribution in [1.82, 2.24) is 20.1 Å². The Hall–Kier alpha value is -2.28. The number of nitrogens with zero attached hydrogens (tertiary/aromatic N) is 3. The number of amides is 1. The van der Waals surface area contributed by atoms with Gasteiger partial charge in [0.15, 0.2) is 11.0 Å². The first-order valence-electron chi connectivity index (χ1n) is 8.00. The van der Waals surface area contributed by atoms with E-state index in [0.717, 1.165) is 22.2 Å². The molecule has 6 nitrogen and oxygen atoms in total. The van der Waals surface area contributed by atoms with Crippen molar-refractivity contribution >= 4 is 17.9 Å². The molecule has 2 aromatic rings. The average molecular weight is 360 g/mol. The quantitative estimate of drug-likeness (QED) is 0.624. The predicted octanol–water partition coefficient (Wildman–Crippen LogP) is 3.96. The van der Waals surface area contributed by atoms with Crippen LogP contribution in [0.25, 0.3) is 5.69 Å². The molecule has 2 rings (SSSR count). The van der Waals surface area contributed by atoms with Crippen LogP contribution in [0.2, 0.25) is 0 Å². The molecule has 25 heavy (non-hydrogen) atoms. The van der Waals surface area contributed by atoms with E-state index in [9.17, 15) is 4.79 Å². The molecule has 1 N–H and O–H groups in total. The molecule has 0 spiro atoms. The van der Waals surface area contributed by atoms with Crippen molar-refractivity contribution in [3.8, 4) is 5.69 Å². The molecule has 0 saturated heterocycles. The van der Waals surface area contributed by atoms with E-state index in [1.807, 2.05) is 62.6 Å². The van der Waals surface area contributed by atoms with E-state index >= 15 is 0 Å². The van der Waals surface area contributed by atoms with Crippen molar-refractivity contribution < 1.29 is 9.53 Å². The number of thioether (sulfide) groups is 1. The molecule has 1 heterocycles. The largest absolute Gasteiger partial charge is 0.444 e. The van der Waals surface area contributed by atoms with Crippen LogP contribution in [0.3, 0.4) is 0 Å². The fourth-order valence-corrected chi connectivity index (χ4v) is 2.81. The van der Waals surface area contributed by atoms with E-state index in [-0.39, 0.29) is 6.54 Å². The number of aromatic nitrogens is 3. The molecule has 0 aliphatic heterocycles. The zero-order valence-corrected chi connectivity index (χ0v) is 15.9. The van der Waals surface area contributed by atoms with Gasteiger partial charge in [-0.1, -0.05) is 42.1 Å². The van der Waals surface area contributed by atoms with Crippen LogP contribution in [0.5, 0.6) is 0 Å². The third-order valence-electron chi connectivity index (χ3n) is 2.95. The second-order valence-electron chi connectivity index (χ2n) is 6.67. The first-order valence-corrected chi connectivity index (χ1v) is 8.98. The van der Waals surface area contributed by atoms with E-state index < -0.39 is 11.7 Å². The van der Waals surface area contributed by atoms with Gasteiger partial charge in [0.1, 0.15) is 5.60 Å². The molecule has 1 amide bonds. The lowest BCUT2D eigenvalue weighted by molar-refractivity contribution is 0.0522. The normalized spacial score (nSPS) is 11.2. The molecule has 1 aromatic carbocycles. The number of alkyl carbamates (subject to hydrolysis) is 1. The number of para-hydroxylation sites is 1. The summed E-state index contributed by atoms with van der Waals surface area (Å²) in [5.41, 5.74) is 1.46. The molecule has 7 heteroatoms. The van der Waals surface area contributed by atoms with E-state index in [0.29, 0.717) is 5.82 Å². The minimum Gasteiger partial charge on any atom is -0.444 e. The maximum atomic E-state index is 11.9. The SMILES string of the molecule is C=C(C)CSc1nnc(CNC(=O)OC(C)(C)C)n1-c1ccccc1. The number of rotatable bonds is 6. The topological polar surface area (TPSA) is 69.0 Å². The third kappa shape index (κ3) is 5.94. The molecule has 0 fully saturated rings. The Kier molecular flexibility index (Phi) is 6.25. The minimum absolute atomic E-state index is 0.227. The summed E-state index contributed by atoms with van der Waals surface area (Å²) in [6, 6.07) is 9.81. The van der Waals surface area contributed by atoms with Crippen molar-refractivity contribution in [2.75, 3.05) is 5.75 Å².